The molecule has 0 bridgehead atoms. The minimum Gasteiger partial charge on any atom is -0.385 e. The predicted molar refractivity (Wildman–Crippen MR) is 137 cm³/mol. The molecule has 1 aliphatic rings. The van der Waals surface area contributed by atoms with Crippen LogP contribution in [0.4, 0.5) is 5.69 Å². The average molecular weight is 420 g/mol. The molecular formula is C30H45N. The van der Waals surface area contributed by atoms with Crippen LogP contribution in [0, 0.1) is 12.8 Å². The van der Waals surface area contributed by atoms with Crippen molar-refractivity contribution in [2.24, 2.45) is 5.92 Å². The van der Waals surface area contributed by atoms with Crippen molar-refractivity contribution >= 4 is 5.69 Å². The number of hydrogen-bond donors (Lipinski definition) is 1. The summed E-state index contributed by atoms with van der Waals surface area (Å²) >= 11 is 0. The highest BCUT2D eigenvalue weighted by atomic mass is 14.9. The molecule has 0 atom stereocenters. The van der Waals surface area contributed by atoms with Crippen LogP contribution in [0.25, 0.3) is 0 Å². The molecule has 0 radical (unpaired) electrons. The van der Waals surface area contributed by atoms with Crippen molar-refractivity contribution in [1.82, 2.24) is 0 Å². The van der Waals surface area contributed by atoms with E-state index in [-0.39, 0.29) is 0 Å². The maximum Gasteiger partial charge on any atom is 0.0340 e. The number of nitrogens with one attached hydrogen (secondary N) is 1. The summed E-state index contributed by atoms with van der Waals surface area (Å²) in [6, 6.07) is 16.4. The molecule has 1 aliphatic carbocycles. The second kappa shape index (κ2) is 12.9. The third-order valence-electron chi connectivity index (χ3n) is 7.35. The molecule has 0 heterocycles. The van der Waals surface area contributed by atoms with Crippen molar-refractivity contribution in [3.05, 3.63) is 64.7 Å². The highest BCUT2D eigenvalue weighted by Crippen LogP contribution is 2.39. The van der Waals surface area contributed by atoms with Gasteiger partial charge in [-0.15, -0.1) is 0 Å². The van der Waals surface area contributed by atoms with Gasteiger partial charge in [0, 0.05) is 12.2 Å². The largest absolute Gasteiger partial charge is 0.385 e. The Hall–Kier alpha value is -1.76. The molecule has 3 rings (SSSR count). The van der Waals surface area contributed by atoms with E-state index in [9.17, 15) is 0 Å². The monoisotopic (exact) mass is 419 g/mol. The quantitative estimate of drug-likeness (QED) is 0.339. The maximum absolute atomic E-state index is 3.51. The molecule has 2 aromatic rings. The number of unbranched alkanes of at least 4 members (excludes halogenated alkanes) is 3. The van der Waals surface area contributed by atoms with Crippen LogP contribution in [0.1, 0.15) is 106 Å². The number of benzene rings is 2. The SMILES string of the molecule is CCCCCC1CCC(c2ccc(CCc3ccc(NCCCC)cc3)cc2C)CC1. The summed E-state index contributed by atoms with van der Waals surface area (Å²) in [5, 5.41) is 3.51. The zero-order valence-electron chi connectivity index (χ0n) is 20.4. The Labute approximate surface area is 192 Å². The summed E-state index contributed by atoms with van der Waals surface area (Å²) in [5.74, 6) is 1.79. The molecule has 0 aliphatic heterocycles. The summed E-state index contributed by atoms with van der Waals surface area (Å²) in [6.07, 6.45) is 16.1. The Morgan fingerprint density at radius 3 is 2.13 bits per heavy atom. The van der Waals surface area contributed by atoms with E-state index in [0.717, 1.165) is 31.2 Å². The van der Waals surface area contributed by atoms with Crippen molar-refractivity contribution in [2.45, 2.75) is 104 Å². The third kappa shape index (κ3) is 7.70. The summed E-state index contributed by atoms with van der Waals surface area (Å²) in [7, 11) is 0. The Kier molecular flexibility index (Phi) is 9.97. The summed E-state index contributed by atoms with van der Waals surface area (Å²) in [4.78, 5) is 0. The first-order valence-electron chi connectivity index (χ1n) is 13.1. The van der Waals surface area contributed by atoms with Crippen molar-refractivity contribution in [3.8, 4) is 0 Å². The van der Waals surface area contributed by atoms with Crippen LogP contribution < -0.4 is 5.32 Å². The van der Waals surface area contributed by atoms with Crippen LogP contribution in [0.3, 0.4) is 0 Å². The number of anilines is 1. The molecule has 1 saturated carbocycles. The molecule has 31 heavy (non-hydrogen) atoms. The Morgan fingerprint density at radius 2 is 1.45 bits per heavy atom. The first kappa shape index (κ1) is 23.9. The van der Waals surface area contributed by atoms with Gasteiger partial charge >= 0.3 is 0 Å². The maximum atomic E-state index is 3.51. The van der Waals surface area contributed by atoms with Crippen LogP contribution in [0.5, 0.6) is 0 Å². The highest BCUT2D eigenvalue weighted by molar-refractivity contribution is 5.44. The standard InChI is InChI=1S/C30H45N/c1-4-6-8-9-25-12-17-28(18-13-25)30-21-16-27(23-24(30)3)11-10-26-14-19-29(20-15-26)31-22-7-5-2/h14-16,19-21,23,25,28,31H,4-13,17-18,22H2,1-3H3. The zero-order valence-corrected chi connectivity index (χ0v) is 20.4. The Morgan fingerprint density at radius 1 is 0.774 bits per heavy atom. The van der Waals surface area contributed by atoms with Crippen LogP contribution in [0.2, 0.25) is 0 Å². The van der Waals surface area contributed by atoms with E-state index in [2.05, 4.69) is 68.6 Å². The zero-order chi connectivity index (χ0) is 21.9. The van der Waals surface area contributed by atoms with E-state index in [1.807, 2.05) is 0 Å². The first-order chi connectivity index (χ1) is 15.2. The Balaban J connectivity index is 1.46. The molecule has 0 aromatic heterocycles. The van der Waals surface area contributed by atoms with Gasteiger partial charge in [0.1, 0.15) is 0 Å². The lowest BCUT2D eigenvalue weighted by molar-refractivity contribution is 0.302. The van der Waals surface area contributed by atoms with E-state index in [1.165, 1.54) is 86.6 Å². The van der Waals surface area contributed by atoms with Gasteiger partial charge in [0.05, 0.1) is 0 Å². The van der Waals surface area contributed by atoms with Gasteiger partial charge in [-0.2, -0.15) is 0 Å². The van der Waals surface area contributed by atoms with Gasteiger partial charge < -0.3 is 5.32 Å². The minimum atomic E-state index is 0.796. The molecule has 1 heteroatoms. The fraction of sp³-hybridized carbons (Fsp3) is 0.600. The number of rotatable bonds is 12. The van der Waals surface area contributed by atoms with Crippen molar-refractivity contribution in [2.75, 3.05) is 11.9 Å². The third-order valence-corrected chi connectivity index (χ3v) is 7.35. The van der Waals surface area contributed by atoms with E-state index in [4.69, 9.17) is 0 Å². The molecular weight excluding hydrogens is 374 g/mol. The Bertz CT molecular complexity index is 752. The molecule has 0 spiro atoms. The van der Waals surface area contributed by atoms with Gasteiger partial charge in [-0.1, -0.05) is 76.3 Å². The smallest absolute Gasteiger partial charge is 0.0340 e. The van der Waals surface area contributed by atoms with Gasteiger partial charge in [-0.05, 0) is 98.1 Å². The van der Waals surface area contributed by atoms with Gasteiger partial charge in [0.2, 0.25) is 0 Å². The van der Waals surface area contributed by atoms with Gasteiger partial charge in [-0.3, -0.25) is 0 Å². The summed E-state index contributed by atoms with van der Waals surface area (Å²) in [5.41, 5.74) is 7.31. The molecule has 0 unspecified atom stereocenters. The van der Waals surface area contributed by atoms with Crippen molar-refractivity contribution in [1.29, 1.82) is 0 Å². The summed E-state index contributed by atoms with van der Waals surface area (Å²) < 4.78 is 0. The first-order valence-corrected chi connectivity index (χ1v) is 13.1. The van der Waals surface area contributed by atoms with Gasteiger partial charge in [0.15, 0.2) is 0 Å². The lowest BCUT2D eigenvalue weighted by Gasteiger charge is -2.30. The molecule has 1 nitrogen and oxygen atoms in total. The van der Waals surface area contributed by atoms with Crippen molar-refractivity contribution < 1.29 is 0 Å². The van der Waals surface area contributed by atoms with Crippen molar-refractivity contribution in [3.63, 3.8) is 0 Å². The van der Waals surface area contributed by atoms with Gasteiger partial charge in [0.25, 0.3) is 0 Å². The summed E-state index contributed by atoms with van der Waals surface area (Å²) in [6.45, 7) is 7.95. The lowest BCUT2D eigenvalue weighted by Crippen LogP contribution is -2.14. The number of hydrogen-bond acceptors (Lipinski definition) is 1. The second-order valence-corrected chi connectivity index (χ2v) is 9.88. The van der Waals surface area contributed by atoms with E-state index in [1.54, 1.807) is 5.56 Å². The van der Waals surface area contributed by atoms with E-state index >= 15 is 0 Å². The average Bonchev–Trinajstić information content (AvgIpc) is 2.80. The molecule has 0 saturated heterocycles. The molecule has 1 fully saturated rings. The fourth-order valence-electron chi connectivity index (χ4n) is 5.28. The van der Waals surface area contributed by atoms with E-state index < -0.39 is 0 Å². The van der Waals surface area contributed by atoms with Crippen LogP contribution >= 0.6 is 0 Å². The van der Waals surface area contributed by atoms with Crippen LogP contribution in [0.15, 0.2) is 42.5 Å². The predicted octanol–water partition coefficient (Wildman–Crippen LogP) is 8.85. The van der Waals surface area contributed by atoms with Crippen LogP contribution in [-0.2, 0) is 12.8 Å². The fourth-order valence-corrected chi connectivity index (χ4v) is 5.28. The number of aryl methyl sites for hydroxylation is 3. The lowest BCUT2D eigenvalue weighted by atomic mass is 9.76. The second-order valence-electron chi connectivity index (χ2n) is 9.88. The molecule has 170 valence electrons. The normalized spacial score (nSPS) is 18.8. The van der Waals surface area contributed by atoms with Crippen LogP contribution in [-0.4, -0.2) is 6.54 Å². The molecule has 1 N–H and O–H groups in total. The topological polar surface area (TPSA) is 12.0 Å². The van der Waals surface area contributed by atoms with Gasteiger partial charge in [-0.25, -0.2) is 0 Å². The molecule has 2 aromatic carbocycles. The highest BCUT2D eigenvalue weighted by Gasteiger charge is 2.23. The minimum absolute atomic E-state index is 0.796. The molecule has 0 amide bonds. The van der Waals surface area contributed by atoms with E-state index in [0.29, 0.717) is 0 Å².